The van der Waals surface area contributed by atoms with E-state index in [-0.39, 0.29) is 17.7 Å². The number of fused-ring (bicyclic) bond motifs is 1. The van der Waals surface area contributed by atoms with E-state index in [1.807, 2.05) is 18.2 Å². The fourth-order valence-corrected chi connectivity index (χ4v) is 5.56. The van der Waals surface area contributed by atoms with Crippen LogP contribution in [-0.4, -0.2) is 48.6 Å². The number of amides is 2. The van der Waals surface area contributed by atoms with E-state index in [2.05, 4.69) is 4.90 Å². The van der Waals surface area contributed by atoms with Gasteiger partial charge in [-0.1, -0.05) is 25.7 Å². The molecule has 0 spiro atoms. The lowest BCUT2D eigenvalue weighted by atomic mass is 10.0. The summed E-state index contributed by atoms with van der Waals surface area (Å²) in [6.45, 7) is 1.53. The molecule has 1 unspecified atom stereocenters. The molecular weight excluding hydrogens is 368 g/mol. The van der Waals surface area contributed by atoms with Crippen LogP contribution in [0.15, 0.2) is 18.2 Å². The second-order valence-corrected chi connectivity index (χ2v) is 8.86. The molecule has 2 amide bonds. The van der Waals surface area contributed by atoms with E-state index in [1.165, 1.54) is 25.7 Å². The SMILES string of the molecule is O=C1CC(C(=O)N(C2CCCC2)C2CCCC2)CN1c1ccc2c(c1)OCCO2. The summed E-state index contributed by atoms with van der Waals surface area (Å²) < 4.78 is 11.3. The van der Waals surface area contributed by atoms with Gasteiger partial charge in [0.15, 0.2) is 11.5 Å². The molecule has 6 heteroatoms. The normalized spacial score (nSPS) is 25.0. The monoisotopic (exact) mass is 398 g/mol. The number of nitrogens with zero attached hydrogens (tertiary/aromatic N) is 2. The molecular formula is C23H30N2O4. The molecule has 3 fully saturated rings. The molecule has 1 aromatic rings. The summed E-state index contributed by atoms with van der Waals surface area (Å²) in [5.74, 6) is 1.38. The molecule has 0 bridgehead atoms. The van der Waals surface area contributed by atoms with Crippen LogP contribution in [0.25, 0.3) is 0 Å². The molecule has 1 aromatic carbocycles. The Bertz CT molecular complexity index is 767. The molecule has 29 heavy (non-hydrogen) atoms. The third kappa shape index (κ3) is 3.58. The lowest BCUT2D eigenvalue weighted by Crippen LogP contribution is -2.48. The molecule has 0 aromatic heterocycles. The molecule has 1 atom stereocenters. The van der Waals surface area contributed by atoms with Crippen LogP contribution in [0.2, 0.25) is 0 Å². The molecule has 4 aliphatic rings. The molecule has 2 aliphatic heterocycles. The molecule has 0 radical (unpaired) electrons. The van der Waals surface area contributed by atoms with Crippen molar-refractivity contribution >= 4 is 17.5 Å². The Hall–Kier alpha value is -2.24. The lowest BCUT2D eigenvalue weighted by Gasteiger charge is -2.36. The van der Waals surface area contributed by atoms with Crippen molar-refractivity contribution in [3.8, 4) is 11.5 Å². The fourth-order valence-electron chi connectivity index (χ4n) is 5.56. The maximum atomic E-state index is 13.6. The first-order chi connectivity index (χ1) is 14.2. The Labute approximate surface area is 172 Å². The van der Waals surface area contributed by atoms with E-state index >= 15 is 0 Å². The molecule has 1 saturated heterocycles. The van der Waals surface area contributed by atoms with Crippen LogP contribution in [0.3, 0.4) is 0 Å². The molecule has 2 saturated carbocycles. The van der Waals surface area contributed by atoms with Crippen LogP contribution in [0.4, 0.5) is 5.69 Å². The van der Waals surface area contributed by atoms with Gasteiger partial charge < -0.3 is 19.3 Å². The van der Waals surface area contributed by atoms with Gasteiger partial charge in [0.05, 0.1) is 5.92 Å². The van der Waals surface area contributed by atoms with Crippen molar-refractivity contribution < 1.29 is 19.1 Å². The topological polar surface area (TPSA) is 59.1 Å². The van der Waals surface area contributed by atoms with Crippen LogP contribution in [0.5, 0.6) is 11.5 Å². The molecule has 0 N–H and O–H groups in total. The second-order valence-electron chi connectivity index (χ2n) is 8.86. The van der Waals surface area contributed by atoms with Gasteiger partial charge in [0, 0.05) is 36.8 Å². The Morgan fingerprint density at radius 1 is 0.931 bits per heavy atom. The van der Waals surface area contributed by atoms with Gasteiger partial charge in [-0.25, -0.2) is 0 Å². The van der Waals surface area contributed by atoms with Gasteiger partial charge in [-0.2, -0.15) is 0 Å². The minimum Gasteiger partial charge on any atom is -0.486 e. The maximum Gasteiger partial charge on any atom is 0.228 e. The summed E-state index contributed by atoms with van der Waals surface area (Å²) in [4.78, 5) is 30.3. The average Bonchev–Trinajstić information content (AvgIpc) is 3.50. The summed E-state index contributed by atoms with van der Waals surface area (Å²) in [5, 5.41) is 0. The van der Waals surface area contributed by atoms with Gasteiger partial charge in [-0.15, -0.1) is 0 Å². The van der Waals surface area contributed by atoms with Crippen molar-refractivity contribution in [1.29, 1.82) is 0 Å². The van der Waals surface area contributed by atoms with Gasteiger partial charge in [0.1, 0.15) is 13.2 Å². The highest BCUT2D eigenvalue weighted by Gasteiger charge is 2.42. The van der Waals surface area contributed by atoms with Gasteiger partial charge >= 0.3 is 0 Å². The number of rotatable bonds is 4. The molecule has 2 aliphatic carbocycles. The van der Waals surface area contributed by atoms with E-state index in [9.17, 15) is 9.59 Å². The fraction of sp³-hybridized carbons (Fsp3) is 0.652. The van der Waals surface area contributed by atoms with Crippen molar-refractivity contribution in [2.45, 2.75) is 69.9 Å². The average molecular weight is 399 g/mol. The van der Waals surface area contributed by atoms with Crippen LogP contribution in [0.1, 0.15) is 57.8 Å². The lowest BCUT2D eigenvalue weighted by molar-refractivity contribution is -0.140. The highest BCUT2D eigenvalue weighted by Crippen LogP contribution is 2.38. The highest BCUT2D eigenvalue weighted by atomic mass is 16.6. The first-order valence-electron chi connectivity index (χ1n) is 11.2. The summed E-state index contributed by atoms with van der Waals surface area (Å²) >= 11 is 0. The third-order valence-corrected chi connectivity index (χ3v) is 7.00. The predicted octanol–water partition coefficient (Wildman–Crippen LogP) is 3.52. The largest absolute Gasteiger partial charge is 0.486 e. The third-order valence-electron chi connectivity index (χ3n) is 7.00. The zero-order valence-electron chi connectivity index (χ0n) is 17.0. The quantitative estimate of drug-likeness (QED) is 0.779. The van der Waals surface area contributed by atoms with E-state index in [4.69, 9.17) is 9.47 Å². The van der Waals surface area contributed by atoms with Crippen LogP contribution in [-0.2, 0) is 9.59 Å². The van der Waals surface area contributed by atoms with E-state index in [1.54, 1.807) is 4.90 Å². The Balaban J connectivity index is 1.34. The number of anilines is 1. The number of hydrogen-bond acceptors (Lipinski definition) is 4. The second kappa shape index (κ2) is 7.88. The highest BCUT2D eigenvalue weighted by molar-refractivity contribution is 6.00. The van der Waals surface area contributed by atoms with Crippen LogP contribution >= 0.6 is 0 Å². The van der Waals surface area contributed by atoms with Gasteiger partial charge in [-0.3, -0.25) is 9.59 Å². The number of hydrogen-bond donors (Lipinski definition) is 0. The zero-order chi connectivity index (χ0) is 19.8. The van der Waals surface area contributed by atoms with Crippen molar-refractivity contribution in [2.24, 2.45) is 5.92 Å². The summed E-state index contributed by atoms with van der Waals surface area (Å²) in [6.07, 6.45) is 9.65. The molecule has 6 nitrogen and oxygen atoms in total. The van der Waals surface area contributed by atoms with Crippen molar-refractivity contribution in [3.63, 3.8) is 0 Å². The minimum absolute atomic E-state index is 0.0258. The number of ether oxygens (including phenoxy) is 2. The zero-order valence-corrected chi connectivity index (χ0v) is 17.0. The Kier molecular flexibility index (Phi) is 5.10. The maximum absolute atomic E-state index is 13.6. The first-order valence-corrected chi connectivity index (χ1v) is 11.2. The standard InChI is InChI=1S/C23H30N2O4/c26-22-13-16(15-24(22)19-9-10-20-21(14-19)29-12-11-28-20)23(27)25(17-5-1-2-6-17)18-7-3-4-8-18/h9-10,14,16-18H,1-8,11-13,15H2. The number of carbonyl (C=O) groups is 2. The Morgan fingerprint density at radius 2 is 1.55 bits per heavy atom. The van der Waals surface area contributed by atoms with E-state index in [0.29, 0.717) is 49.8 Å². The minimum atomic E-state index is -0.239. The van der Waals surface area contributed by atoms with Crippen LogP contribution < -0.4 is 14.4 Å². The summed E-state index contributed by atoms with van der Waals surface area (Å²) in [6, 6.07) is 6.37. The van der Waals surface area contributed by atoms with Gasteiger partial charge in [0.2, 0.25) is 11.8 Å². The van der Waals surface area contributed by atoms with E-state index < -0.39 is 0 Å². The van der Waals surface area contributed by atoms with Crippen molar-refractivity contribution in [2.75, 3.05) is 24.7 Å². The van der Waals surface area contributed by atoms with Crippen LogP contribution in [0, 0.1) is 5.92 Å². The molecule has 5 rings (SSSR count). The van der Waals surface area contributed by atoms with Gasteiger partial charge in [0.25, 0.3) is 0 Å². The van der Waals surface area contributed by atoms with Crippen molar-refractivity contribution in [1.82, 2.24) is 4.90 Å². The van der Waals surface area contributed by atoms with E-state index in [0.717, 1.165) is 31.4 Å². The Morgan fingerprint density at radius 3 is 2.21 bits per heavy atom. The first kappa shape index (κ1) is 18.8. The summed E-state index contributed by atoms with van der Waals surface area (Å²) in [7, 11) is 0. The molecule has 156 valence electrons. The number of carbonyl (C=O) groups excluding carboxylic acids is 2. The smallest absolute Gasteiger partial charge is 0.228 e. The summed E-state index contributed by atoms with van der Waals surface area (Å²) in [5.41, 5.74) is 0.794. The predicted molar refractivity (Wildman–Crippen MR) is 109 cm³/mol. The molecule has 2 heterocycles. The number of benzene rings is 1. The van der Waals surface area contributed by atoms with Gasteiger partial charge in [-0.05, 0) is 37.8 Å². The van der Waals surface area contributed by atoms with Crippen molar-refractivity contribution in [3.05, 3.63) is 18.2 Å².